The average Bonchev–Trinajstić information content (AvgIpc) is 2.96. The molecule has 2 N–H and O–H groups in total. The Hall–Kier alpha value is -2.09. The van der Waals surface area contributed by atoms with Crippen molar-refractivity contribution in [3.05, 3.63) is 35.4 Å². The van der Waals surface area contributed by atoms with Gasteiger partial charge in [0.2, 0.25) is 0 Å². The van der Waals surface area contributed by atoms with Crippen LogP contribution in [0.2, 0.25) is 0 Å². The van der Waals surface area contributed by atoms with Gasteiger partial charge in [-0.05, 0) is 37.6 Å². The number of nitrogens with zero attached hydrogens (tertiary/aromatic N) is 1. The Labute approximate surface area is 178 Å². The van der Waals surface area contributed by atoms with E-state index < -0.39 is 12.0 Å². The molecular formula is C23H32N2O5. The number of benzene rings is 1. The molecule has 1 aliphatic carbocycles. The maximum absolute atomic E-state index is 11.4. The lowest BCUT2D eigenvalue weighted by molar-refractivity contribution is -0.141. The van der Waals surface area contributed by atoms with Gasteiger partial charge in [-0.15, -0.1) is 0 Å². The summed E-state index contributed by atoms with van der Waals surface area (Å²) in [5.74, 6) is 0.770. The minimum Gasteiger partial charge on any atom is -0.493 e. The Morgan fingerprint density at radius 2 is 2.23 bits per heavy atom. The summed E-state index contributed by atoms with van der Waals surface area (Å²) in [6, 6.07) is 3.53. The van der Waals surface area contributed by atoms with Crippen molar-refractivity contribution in [2.75, 3.05) is 27.4 Å². The molecule has 1 aromatic carbocycles. The summed E-state index contributed by atoms with van der Waals surface area (Å²) >= 11 is 0. The molecule has 0 bridgehead atoms. The van der Waals surface area contributed by atoms with Crippen molar-refractivity contribution < 1.29 is 24.1 Å². The van der Waals surface area contributed by atoms with Gasteiger partial charge in [-0.2, -0.15) is 0 Å². The Morgan fingerprint density at radius 3 is 2.93 bits per heavy atom. The van der Waals surface area contributed by atoms with E-state index in [9.17, 15) is 9.90 Å². The third kappa shape index (κ3) is 3.59. The number of nitrogens with one attached hydrogen (secondary N) is 1. The van der Waals surface area contributed by atoms with Crippen molar-refractivity contribution in [2.24, 2.45) is 5.92 Å². The third-order valence-electron chi connectivity index (χ3n) is 6.66. The van der Waals surface area contributed by atoms with Gasteiger partial charge in [-0.1, -0.05) is 32.1 Å². The van der Waals surface area contributed by atoms with Crippen LogP contribution in [-0.4, -0.2) is 61.7 Å². The van der Waals surface area contributed by atoms with E-state index in [4.69, 9.17) is 14.2 Å². The van der Waals surface area contributed by atoms with Crippen LogP contribution < -0.4 is 14.8 Å². The summed E-state index contributed by atoms with van der Waals surface area (Å²) in [5, 5.41) is 12.3. The van der Waals surface area contributed by atoms with Gasteiger partial charge in [-0.3, -0.25) is 10.1 Å². The Bertz CT molecular complexity index is 839. The fourth-order valence-corrected chi connectivity index (χ4v) is 5.04. The van der Waals surface area contributed by atoms with E-state index in [0.29, 0.717) is 0 Å². The highest BCUT2D eigenvalue weighted by molar-refractivity contribution is 5.73. The quantitative estimate of drug-likeness (QED) is 0.522. The molecule has 4 unspecified atom stereocenters. The van der Waals surface area contributed by atoms with Gasteiger partial charge in [0.15, 0.2) is 11.5 Å². The number of carboxylic acids is 1. The van der Waals surface area contributed by atoms with E-state index in [2.05, 4.69) is 35.5 Å². The molecule has 0 saturated carbocycles. The minimum absolute atomic E-state index is 0.0159. The van der Waals surface area contributed by atoms with Crippen molar-refractivity contribution in [3.8, 4) is 11.5 Å². The molecule has 7 nitrogen and oxygen atoms in total. The largest absolute Gasteiger partial charge is 0.493 e. The van der Waals surface area contributed by atoms with Gasteiger partial charge in [0.1, 0.15) is 12.1 Å². The first kappa shape index (κ1) is 21.2. The molecule has 164 valence electrons. The van der Waals surface area contributed by atoms with Crippen LogP contribution in [0.5, 0.6) is 11.5 Å². The van der Waals surface area contributed by atoms with E-state index >= 15 is 0 Å². The standard InChI is InChI=1S/C23H32N2O5/c1-14(2)20(22(26)27)24-13-29-16-7-8-23-9-10-25(3)12-15-5-6-17(28-4)21(19(15)23)30-18(23)11-16/h5-8,14,16,18,20,24H,9-13H2,1-4H3,(H,26,27). The summed E-state index contributed by atoms with van der Waals surface area (Å²) in [6.45, 7) is 5.84. The first-order valence-corrected chi connectivity index (χ1v) is 10.7. The van der Waals surface area contributed by atoms with E-state index in [1.807, 2.05) is 19.9 Å². The topological polar surface area (TPSA) is 80.3 Å². The van der Waals surface area contributed by atoms with Gasteiger partial charge in [0.25, 0.3) is 0 Å². The highest BCUT2D eigenvalue weighted by atomic mass is 16.5. The maximum Gasteiger partial charge on any atom is 0.321 e. The molecule has 1 aromatic rings. The molecule has 0 amide bonds. The second-order valence-electron chi connectivity index (χ2n) is 8.97. The normalized spacial score (nSPS) is 28.4. The highest BCUT2D eigenvalue weighted by Crippen LogP contribution is 2.55. The first-order chi connectivity index (χ1) is 14.4. The predicted molar refractivity (Wildman–Crippen MR) is 113 cm³/mol. The molecule has 4 rings (SSSR count). The highest BCUT2D eigenvalue weighted by Gasteiger charge is 2.52. The lowest BCUT2D eigenvalue weighted by atomic mass is 9.69. The molecule has 7 heteroatoms. The SMILES string of the molecule is COc1ccc2c3c1OC1CC(OCNC(C(=O)O)C(C)C)C=CC31CCN(C)C2. The molecular weight excluding hydrogens is 384 g/mol. The van der Waals surface area contributed by atoms with Crippen LogP contribution in [0.15, 0.2) is 24.3 Å². The van der Waals surface area contributed by atoms with E-state index in [1.54, 1.807) is 7.11 Å². The number of hydrogen-bond acceptors (Lipinski definition) is 6. The monoisotopic (exact) mass is 416 g/mol. The van der Waals surface area contributed by atoms with Crippen LogP contribution in [0.4, 0.5) is 0 Å². The smallest absolute Gasteiger partial charge is 0.321 e. The molecule has 4 atom stereocenters. The number of methoxy groups -OCH3 is 1. The predicted octanol–water partition coefficient (Wildman–Crippen LogP) is 2.53. The Balaban J connectivity index is 1.54. The molecule has 1 spiro atoms. The molecule has 0 aromatic heterocycles. The van der Waals surface area contributed by atoms with Gasteiger partial charge in [0, 0.05) is 18.5 Å². The molecule has 30 heavy (non-hydrogen) atoms. The maximum atomic E-state index is 11.4. The van der Waals surface area contributed by atoms with Crippen molar-refractivity contribution in [1.29, 1.82) is 0 Å². The summed E-state index contributed by atoms with van der Waals surface area (Å²) in [4.78, 5) is 13.7. The van der Waals surface area contributed by atoms with Crippen molar-refractivity contribution in [3.63, 3.8) is 0 Å². The first-order valence-electron chi connectivity index (χ1n) is 10.7. The van der Waals surface area contributed by atoms with Gasteiger partial charge in [0.05, 0.1) is 25.4 Å². The van der Waals surface area contributed by atoms with Gasteiger partial charge >= 0.3 is 5.97 Å². The van der Waals surface area contributed by atoms with Crippen molar-refractivity contribution in [2.45, 2.75) is 56.9 Å². The number of ether oxygens (including phenoxy) is 3. The second kappa shape index (κ2) is 8.21. The number of carbonyl (C=O) groups is 1. The van der Waals surface area contributed by atoms with Gasteiger partial charge < -0.3 is 24.2 Å². The minimum atomic E-state index is -0.858. The Kier molecular flexibility index (Phi) is 5.79. The summed E-state index contributed by atoms with van der Waals surface area (Å²) < 4.78 is 18.1. The summed E-state index contributed by atoms with van der Waals surface area (Å²) in [7, 11) is 3.84. The Morgan fingerprint density at radius 1 is 1.43 bits per heavy atom. The van der Waals surface area contributed by atoms with E-state index in [1.165, 1.54) is 11.1 Å². The van der Waals surface area contributed by atoms with Crippen LogP contribution in [0.1, 0.15) is 37.8 Å². The number of carboxylic acid groups (broad SMARTS) is 1. The third-order valence-corrected chi connectivity index (χ3v) is 6.66. The molecule has 0 radical (unpaired) electrons. The van der Waals surface area contributed by atoms with Crippen LogP contribution >= 0.6 is 0 Å². The van der Waals surface area contributed by atoms with Crippen LogP contribution in [0, 0.1) is 5.92 Å². The number of aliphatic carboxylic acids is 1. The lowest BCUT2D eigenvalue weighted by Crippen LogP contribution is -2.45. The lowest BCUT2D eigenvalue weighted by Gasteiger charge is -2.37. The van der Waals surface area contributed by atoms with Crippen LogP contribution in [0.25, 0.3) is 0 Å². The average molecular weight is 417 g/mol. The summed E-state index contributed by atoms with van der Waals surface area (Å²) in [5.41, 5.74) is 2.38. The zero-order chi connectivity index (χ0) is 21.5. The number of rotatable bonds is 7. The van der Waals surface area contributed by atoms with E-state index in [-0.39, 0.29) is 30.3 Å². The van der Waals surface area contributed by atoms with E-state index in [0.717, 1.165) is 37.4 Å². The molecule has 2 heterocycles. The molecule has 0 saturated heterocycles. The van der Waals surface area contributed by atoms with Crippen LogP contribution in [0.3, 0.4) is 0 Å². The van der Waals surface area contributed by atoms with Crippen molar-refractivity contribution >= 4 is 5.97 Å². The van der Waals surface area contributed by atoms with Crippen LogP contribution in [-0.2, 0) is 21.5 Å². The van der Waals surface area contributed by atoms with Crippen molar-refractivity contribution in [1.82, 2.24) is 10.2 Å². The fourth-order valence-electron chi connectivity index (χ4n) is 5.04. The zero-order valence-electron chi connectivity index (χ0n) is 18.2. The second-order valence-corrected chi connectivity index (χ2v) is 8.97. The summed E-state index contributed by atoms with van der Waals surface area (Å²) in [6.07, 6.45) is 5.94. The number of hydrogen-bond donors (Lipinski definition) is 2. The van der Waals surface area contributed by atoms with Gasteiger partial charge in [-0.25, -0.2) is 0 Å². The molecule has 0 fully saturated rings. The molecule has 3 aliphatic rings. The fraction of sp³-hybridized carbons (Fsp3) is 0.609. The molecule has 2 aliphatic heterocycles. The zero-order valence-corrected chi connectivity index (χ0v) is 18.2.